The molecule has 0 radical (unpaired) electrons. The highest BCUT2D eigenvalue weighted by Gasteiger charge is 2.09. The number of amides is 1. The molecule has 0 fully saturated rings. The van der Waals surface area contributed by atoms with Crippen molar-refractivity contribution < 1.29 is 15.0 Å². The first-order chi connectivity index (χ1) is 9.08. The normalized spacial score (nSPS) is 10.2. The van der Waals surface area contributed by atoms with E-state index in [1.54, 1.807) is 6.07 Å². The summed E-state index contributed by atoms with van der Waals surface area (Å²) in [5.74, 6) is -0.667. The Morgan fingerprint density at radius 1 is 1.11 bits per heavy atom. The van der Waals surface area contributed by atoms with Crippen molar-refractivity contribution in [3.05, 3.63) is 53.6 Å². The number of phenolic OH excluding ortho intramolecular Hbond substituents is 2. The van der Waals surface area contributed by atoms with Crippen LogP contribution in [-0.2, 0) is 6.42 Å². The van der Waals surface area contributed by atoms with E-state index < -0.39 is 0 Å². The number of hydrogen-bond acceptors (Lipinski definition) is 3. The van der Waals surface area contributed by atoms with Crippen LogP contribution in [0.1, 0.15) is 22.8 Å². The Bertz CT molecular complexity index is 588. The van der Waals surface area contributed by atoms with Crippen molar-refractivity contribution in [1.29, 1.82) is 0 Å². The van der Waals surface area contributed by atoms with E-state index in [0.717, 1.165) is 12.0 Å². The molecule has 0 aromatic heterocycles. The van der Waals surface area contributed by atoms with Gasteiger partial charge in [0.1, 0.15) is 11.5 Å². The zero-order valence-corrected chi connectivity index (χ0v) is 10.6. The summed E-state index contributed by atoms with van der Waals surface area (Å²) < 4.78 is 0. The number of carbonyl (C=O) groups excluding carboxylic acids is 1. The maximum atomic E-state index is 12.0. The number of benzene rings is 2. The first-order valence-corrected chi connectivity index (χ1v) is 6.02. The second-order valence-electron chi connectivity index (χ2n) is 4.25. The van der Waals surface area contributed by atoms with Crippen molar-refractivity contribution >= 4 is 11.6 Å². The molecule has 0 unspecified atom stereocenters. The molecule has 0 heterocycles. The lowest BCUT2D eigenvalue weighted by molar-refractivity contribution is 0.102. The van der Waals surface area contributed by atoms with E-state index in [2.05, 4.69) is 5.32 Å². The SMILES string of the molecule is CCc1cccc(NC(=O)c2cc(O)cc(O)c2)c1. The van der Waals surface area contributed by atoms with E-state index in [4.69, 9.17) is 0 Å². The highest BCUT2D eigenvalue weighted by Crippen LogP contribution is 2.21. The van der Waals surface area contributed by atoms with Crippen molar-refractivity contribution in [3.63, 3.8) is 0 Å². The maximum absolute atomic E-state index is 12.0. The quantitative estimate of drug-likeness (QED) is 0.791. The summed E-state index contributed by atoms with van der Waals surface area (Å²) in [6.45, 7) is 2.04. The minimum atomic E-state index is -0.376. The topological polar surface area (TPSA) is 69.6 Å². The predicted molar refractivity (Wildman–Crippen MR) is 73.5 cm³/mol. The van der Waals surface area contributed by atoms with Gasteiger partial charge in [-0.25, -0.2) is 0 Å². The monoisotopic (exact) mass is 257 g/mol. The standard InChI is InChI=1S/C15H15NO3/c1-2-10-4-3-5-12(6-10)16-15(19)11-7-13(17)9-14(18)8-11/h3-9,17-18H,2H2,1H3,(H,16,19). The van der Waals surface area contributed by atoms with E-state index in [1.165, 1.54) is 18.2 Å². The van der Waals surface area contributed by atoms with Crippen molar-refractivity contribution in [3.8, 4) is 11.5 Å². The number of anilines is 1. The molecule has 2 rings (SSSR count). The Labute approximate surface area is 111 Å². The second kappa shape index (κ2) is 5.44. The minimum Gasteiger partial charge on any atom is -0.508 e. The number of carbonyl (C=O) groups is 1. The number of phenols is 2. The van der Waals surface area contributed by atoms with Crippen LogP contribution in [0.2, 0.25) is 0 Å². The Morgan fingerprint density at radius 2 is 1.79 bits per heavy atom. The molecule has 3 N–H and O–H groups in total. The predicted octanol–water partition coefficient (Wildman–Crippen LogP) is 2.91. The van der Waals surface area contributed by atoms with E-state index >= 15 is 0 Å². The fraction of sp³-hybridized carbons (Fsp3) is 0.133. The first kappa shape index (κ1) is 13.0. The molecule has 19 heavy (non-hydrogen) atoms. The van der Waals surface area contributed by atoms with E-state index in [1.807, 2.05) is 25.1 Å². The van der Waals surface area contributed by atoms with Gasteiger partial charge in [-0.2, -0.15) is 0 Å². The van der Waals surface area contributed by atoms with E-state index in [-0.39, 0.29) is 23.0 Å². The van der Waals surface area contributed by atoms with Gasteiger partial charge in [0.05, 0.1) is 0 Å². The van der Waals surface area contributed by atoms with Gasteiger partial charge in [-0.1, -0.05) is 19.1 Å². The Balaban J connectivity index is 2.20. The number of hydrogen-bond donors (Lipinski definition) is 3. The van der Waals surface area contributed by atoms with Crippen LogP contribution in [0.3, 0.4) is 0 Å². The molecule has 4 nitrogen and oxygen atoms in total. The van der Waals surface area contributed by atoms with Crippen LogP contribution in [0.5, 0.6) is 11.5 Å². The zero-order valence-electron chi connectivity index (χ0n) is 10.6. The summed E-state index contributed by atoms with van der Waals surface area (Å²) in [6, 6.07) is 11.3. The third-order valence-electron chi connectivity index (χ3n) is 2.76. The molecule has 98 valence electrons. The molecular formula is C15H15NO3. The van der Waals surface area contributed by atoms with Crippen molar-refractivity contribution in [2.24, 2.45) is 0 Å². The highest BCUT2D eigenvalue weighted by atomic mass is 16.3. The molecule has 0 aliphatic carbocycles. The molecule has 0 saturated heterocycles. The van der Waals surface area contributed by atoms with E-state index in [9.17, 15) is 15.0 Å². The molecule has 0 aliphatic heterocycles. The van der Waals surface area contributed by atoms with Crippen LogP contribution in [0.4, 0.5) is 5.69 Å². The summed E-state index contributed by atoms with van der Waals surface area (Å²) in [7, 11) is 0. The lowest BCUT2D eigenvalue weighted by Gasteiger charge is -2.07. The molecule has 1 amide bonds. The molecule has 0 atom stereocenters. The second-order valence-corrected chi connectivity index (χ2v) is 4.25. The van der Waals surface area contributed by atoms with Crippen LogP contribution in [0.25, 0.3) is 0 Å². The third-order valence-corrected chi connectivity index (χ3v) is 2.76. The average molecular weight is 257 g/mol. The number of aromatic hydroxyl groups is 2. The lowest BCUT2D eigenvalue weighted by atomic mass is 10.1. The molecular weight excluding hydrogens is 242 g/mol. The van der Waals surface area contributed by atoms with Crippen LogP contribution < -0.4 is 5.32 Å². The van der Waals surface area contributed by atoms with Gasteiger partial charge in [0.2, 0.25) is 0 Å². The van der Waals surface area contributed by atoms with Gasteiger partial charge in [0.15, 0.2) is 0 Å². The van der Waals surface area contributed by atoms with Gasteiger partial charge in [0.25, 0.3) is 5.91 Å². The first-order valence-electron chi connectivity index (χ1n) is 6.02. The molecule has 0 saturated carbocycles. The Kier molecular flexibility index (Phi) is 3.71. The summed E-state index contributed by atoms with van der Waals surface area (Å²) >= 11 is 0. The largest absolute Gasteiger partial charge is 0.508 e. The Morgan fingerprint density at radius 3 is 2.42 bits per heavy atom. The Hall–Kier alpha value is -2.49. The maximum Gasteiger partial charge on any atom is 0.255 e. The lowest BCUT2D eigenvalue weighted by Crippen LogP contribution is -2.11. The van der Waals surface area contributed by atoms with Crippen molar-refractivity contribution in [2.75, 3.05) is 5.32 Å². The van der Waals surface area contributed by atoms with Crippen molar-refractivity contribution in [2.45, 2.75) is 13.3 Å². The molecule has 0 aliphatic rings. The number of aryl methyl sites for hydroxylation is 1. The van der Waals surface area contributed by atoms with Crippen LogP contribution >= 0.6 is 0 Å². The zero-order chi connectivity index (χ0) is 13.8. The molecule has 0 spiro atoms. The average Bonchev–Trinajstić information content (AvgIpc) is 2.37. The van der Waals surface area contributed by atoms with Gasteiger partial charge in [-0.15, -0.1) is 0 Å². The summed E-state index contributed by atoms with van der Waals surface area (Å²) in [5.41, 5.74) is 2.02. The smallest absolute Gasteiger partial charge is 0.255 e. The minimum absolute atomic E-state index is 0.146. The van der Waals surface area contributed by atoms with Crippen LogP contribution in [0, 0.1) is 0 Å². The summed E-state index contributed by atoms with van der Waals surface area (Å²) in [4.78, 5) is 12.0. The van der Waals surface area contributed by atoms with Gasteiger partial charge in [-0.05, 0) is 36.2 Å². The highest BCUT2D eigenvalue weighted by molar-refractivity contribution is 6.04. The van der Waals surface area contributed by atoms with Crippen LogP contribution in [0.15, 0.2) is 42.5 Å². The van der Waals surface area contributed by atoms with Gasteiger partial charge < -0.3 is 15.5 Å². The summed E-state index contributed by atoms with van der Waals surface area (Å²) in [5, 5.41) is 21.4. The fourth-order valence-corrected chi connectivity index (χ4v) is 1.80. The molecule has 2 aromatic carbocycles. The number of rotatable bonds is 3. The van der Waals surface area contributed by atoms with Gasteiger partial charge in [-0.3, -0.25) is 4.79 Å². The summed E-state index contributed by atoms with van der Waals surface area (Å²) in [6.07, 6.45) is 0.886. The fourth-order valence-electron chi connectivity index (χ4n) is 1.80. The molecule has 2 aromatic rings. The van der Waals surface area contributed by atoms with E-state index in [0.29, 0.717) is 5.69 Å². The van der Waals surface area contributed by atoms with Gasteiger partial charge in [0, 0.05) is 17.3 Å². The van der Waals surface area contributed by atoms with Crippen molar-refractivity contribution in [1.82, 2.24) is 0 Å². The molecule has 4 heteroatoms. The van der Waals surface area contributed by atoms with Gasteiger partial charge >= 0.3 is 0 Å². The van der Waals surface area contributed by atoms with Crippen LogP contribution in [-0.4, -0.2) is 16.1 Å². The molecule has 0 bridgehead atoms. The third kappa shape index (κ3) is 3.25. The number of nitrogens with one attached hydrogen (secondary N) is 1.